The van der Waals surface area contributed by atoms with E-state index in [4.69, 9.17) is 9.47 Å². The molecule has 0 saturated carbocycles. The minimum atomic E-state index is -1.04. The molecule has 1 aromatic heterocycles. The smallest absolute Gasteiger partial charge is 0.302 e. The molecule has 2 N–H and O–H groups in total. The summed E-state index contributed by atoms with van der Waals surface area (Å²) in [5.41, 5.74) is -0.418. The second-order valence-corrected chi connectivity index (χ2v) is 3.81. The van der Waals surface area contributed by atoms with Gasteiger partial charge in [-0.25, -0.2) is 0 Å². The lowest BCUT2D eigenvalue weighted by Gasteiger charge is -2.20. The molecule has 0 radical (unpaired) electrons. The molecule has 0 spiro atoms. The summed E-state index contributed by atoms with van der Waals surface area (Å²) >= 11 is 0. The van der Waals surface area contributed by atoms with Crippen LogP contribution in [0.25, 0.3) is 0 Å². The highest BCUT2D eigenvalue weighted by Gasteiger charge is 2.46. The highest BCUT2D eigenvalue weighted by atomic mass is 16.6. The van der Waals surface area contributed by atoms with E-state index in [1.807, 2.05) is 0 Å². The third-order valence-electron chi connectivity index (χ3n) is 2.79. The van der Waals surface area contributed by atoms with Crippen molar-refractivity contribution >= 4 is 0 Å². The molecule has 7 nitrogen and oxygen atoms in total. The number of hydrogen-bond donors (Lipinski definition) is 2. The van der Waals surface area contributed by atoms with Gasteiger partial charge in [0.15, 0.2) is 6.23 Å². The molecule has 1 aromatic rings. The molecule has 86 valence electrons. The number of aliphatic hydroxyl groups is 2. The SMILES string of the molecule is O=c1ccn2c(n1)OC[C@H]1O[C@@H]2[C@H](O)[C@@H]1O. The van der Waals surface area contributed by atoms with Gasteiger partial charge in [-0.05, 0) is 0 Å². The third kappa shape index (κ3) is 1.26. The average molecular weight is 226 g/mol. The molecule has 2 bridgehead atoms. The fourth-order valence-corrected chi connectivity index (χ4v) is 1.95. The van der Waals surface area contributed by atoms with Crippen LogP contribution in [0.4, 0.5) is 0 Å². The minimum absolute atomic E-state index is 0.0607. The second-order valence-electron chi connectivity index (χ2n) is 3.81. The molecular weight excluding hydrogens is 216 g/mol. The van der Waals surface area contributed by atoms with Crippen LogP contribution in [0, 0.1) is 0 Å². The molecular formula is C9H10N2O5. The first-order chi connectivity index (χ1) is 7.66. The van der Waals surface area contributed by atoms with Crippen molar-refractivity contribution in [2.45, 2.75) is 24.5 Å². The van der Waals surface area contributed by atoms with Crippen molar-refractivity contribution in [3.8, 4) is 6.01 Å². The van der Waals surface area contributed by atoms with Gasteiger partial charge in [-0.15, -0.1) is 0 Å². The summed E-state index contributed by atoms with van der Waals surface area (Å²) in [6.07, 6.45) is -1.96. The van der Waals surface area contributed by atoms with Crippen molar-refractivity contribution in [3.05, 3.63) is 22.6 Å². The Morgan fingerprint density at radius 2 is 2.25 bits per heavy atom. The zero-order valence-corrected chi connectivity index (χ0v) is 8.18. The van der Waals surface area contributed by atoms with Gasteiger partial charge in [0.25, 0.3) is 5.56 Å². The number of fused-ring (bicyclic) bond motifs is 4. The van der Waals surface area contributed by atoms with Crippen LogP contribution in [0.2, 0.25) is 0 Å². The number of nitrogens with zero attached hydrogens (tertiary/aromatic N) is 2. The van der Waals surface area contributed by atoms with Crippen LogP contribution >= 0.6 is 0 Å². The Morgan fingerprint density at radius 3 is 3.06 bits per heavy atom. The number of aromatic nitrogens is 2. The first-order valence-corrected chi connectivity index (χ1v) is 4.90. The summed E-state index contributed by atoms with van der Waals surface area (Å²) in [5.74, 6) is 0. The quantitative estimate of drug-likeness (QED) is 0.545. The summed E-state index contributed by atoms with van der Waals surface area (Å²) in [4.78, 5) is 14.7. The summed E-state index contributed by atoms with van der Waals surface area (Å²) in [6, 6.07) is 1.35. The molecule has 7 heteroatoms. The largest absolute Gasteiger partial charge is 0.462 e. The summed E-state index contributed by atoms with van der Waals surface area (Å²) in [6.45, 7) is 0.0607. The zero-order valence-electron chi connectivity index (χ0n) is 8.18. The molecule has 2 aliphatic heterocycles. The minimum Gasteiger partial charge on any atom is -0.462 e. The average Bonchev–Trinajstić information content (AvgIpc) is 2.48. The number of rotatable bonds is 0. The van der Waals surface area contributed by atoms with Gasteiger partial charge in [-0.1, -0.05) is 0 Å². The van der Waals surface area contributed by atoms with Crippen LogP contribution in [-0.4, -0.2) is 44.7 Å². The summed E-state index contributed by atoms with van der Waals surface area (Å²) in [7, 11) is 0. The van der Waals surface area contributed by atoms with Gasteiger partial charge in [0.05, 0.1) is 0 Å². The fraction of sp³-hybridized carbons (Fsp3) is 0.556. The predicted octanol–water partition coefficient (Wildman–Crippen LogP) is -1.75. The van der Waals surface area contributed by atoms with E-state index in [-0.39, 0.29) is 12.6 Å². The molecule has 3 rings (SSSR count). The van der Waals surface area contributed by atoms with E-state index >= 15 is 0 Å². The number of hydrogen-bond acceptors (Lipinski definition) is 6. The molecule has 1 saturated heterocycles. The van der Waals surface area contributed by atoms with Gasteiger partial charge in [0.1, 0.15) is 24.9 Å². The standard InChI is InChI=1S/C9H10N2O5/c12-5-1-2-11-8-7(14)6(13)4(16-8)3-15-9(11)10-5/h1-2,4,6-8,13-14H,3H2/t4-,6-,7-,8-/m1/s1. The van der Waals surface area contributed by atoms with Gasteiger partial charge < -0.3 is 19.7 Å². The molecule has 4 atom stereocenters. The van der Waals surface area contributed by atoms with Crippen molar-refractivity contribution in [1.82, 2.24) is 9.55 Å². The first-order valence-electron chi connectivity index (χ1n) is 4.90. The highest BCUT2D eigenvalue weighted by molar-refractivity contribution is 5.06. The van der Waals surface area contributed by atoms with E-state index in [9.17, 15) is 15.0 Å². The monoisotopic (exact) mass is 226 g/mol. The Morgan fingerprint density at radius 1 is 1.44 bits per heavy atom. The molecule has 16 heavy (non-hydrogen) atoms. The fourth-order valence-electron chi connectivity index (χ4n) is 1.95. The number of aliphatic hydroxyl groups excluding tert-OH is 2. The first kappa shape index (κ1) is 9.76. The van der Waals surface area contributed by atoms with Crippen molar-refractivity contribution in [1.29, 1.82) is 0 Å². The maximum atomic E-state index is 11.0. The molecule has 1 fully saturated rings. The maximum absolute atomic E-state index is 11.0. The molecule has 0 aromatic carbocycles. The van der Waals surface area contributed by atoms with Gasteiger partial charge in [0, 0.05) is 12.3 Å². The van der Waals surface area contributed by atoms with Crippen LogP contribution < -0.4 is 10.3 Å². The Hall–Kier alpha value is -1.44. The zero-order chi connectivity index (χ0) is 11.3. The van der Waals surface area contributed by atoms with Gasteiger partial charge in [-0.2, -0.15) is 4.98 Å². The summed E-state index contributed by atoms with van der Waals surface area (Å²) < 4.78 is 12.1. The van der Waals surface area contributed by atoms with Gasteiger partial charge >= 0.3 is 6.01 Å². The van der Waals surface area contributed by atoms with Crippen molar-refractivity contribution in [2.24, 2.45) is 0 Å². The molecule has 0 unspecified atom stereocenters. The normalized spacial score (nSPS) is 36.4. The van der Waals surface area contributed by atoms with E-state index in [1.165, 1.54) is 16.8 Å². The van der Waals surface area contributed by atoms with E-state index in [0.717, 1.165) is 0 Å². The van der Waals surface area contributed by atoms with E-state index in [0.29, 0.717) is 0 Å². The Kier molecular flexibility index (Phi) is 2.00. The Bertz CT molecular complexity index is 473. The van der Waals surface area contributed by atoms with E-state index < -0.39 is 30.1 Å². The highest BCUT2D eigenvalue weighted by Crippen LogP contribution is 2.33. The Labute approximate surface area is 89.9 Å². The lowest BCUT2D eigenvalue weighted by Crippen LogP contribution is -2.37. The van der Waals surface area contributed by atoms with Crippen molar-refractivity contribution in [3.63, 3.8) is 0 Å². The lowest BCUT2D eigenvalue weighted by atomic mass is 10.1. The van der Waals surface area contributed by atoms with Gasteiger partial charge in [-0.3, -0.25) is 9.36 Å². The van der Waals surface area contributed by atoms with Crippen LogP contribution in [0.15, 0.2) is 17.1 Å². The molecule has 3 heterocycles. The molecule has 0 amide bonds. The van der Waals surface area contributed by atoms with Crippen LogP contribution in [-0.2, 0) is 4.74 Å². The van der Waals surface area contributed by atoms with Crippen LogP contribution in [0.1, 0.15) is 6.23 Å². The second kappa shape index (κ2) is 3.27. The topological polar surface area (TPSA) is 93.8 Å². The lowest BCUT2D eigenvalue weighted by molar-refractivity contribution is -0.0317. The van der Waals surface area contributed by atoms with Crippen LogP contribution in [0.3, 0.4) is 0 Å². The van der Waals surface area contributed by atoms with Crippen molar-refractivity contribution < 1.29 is 19.7 Å². The van der Waals surface area contributed by atoms with Crippen molar-refractivity contribution in [2.75, 3.05) is 6.61 Å². The molecule has 0 aliphatic carbocycles. The maximum Gasteiger partial charge on any atom is 0.302 e. The van der Waals surface area contributed by atoms with Crippen LogP contribution in [0.5, 0.6) is 6.01 Å². The molecule has 2 aliphatic rings. The van der Waals surface area contributed by atoms with E-state index in [2.05, 4.69) is 4.98 Å². The van der Waals surface area contributed by atoms with E-state index in [1.54, 1.807) is 0 Å². The summed E-state index contributed by atoms with van der Waals surface area (Å²) in [5, 5.41) is 19.4. The number of ether oxygens (including phenoxy) is 2. The Balaban J connectivity index is 2.10. The predicted molar refractivity (Wildman–Crippen MR) is 49.9 cm³/mol. The third-order valence-corrected chi connectivity index (χ3v) is 2.79. The van der Waals surface area contributed by atoms with Gasteiger partial charge in [0.2, 0.25) is 0 Å².